The third kappa shape index (κ3) is 2.84. The molecule has 0 saturated heterocycles. The second-order valence-corrected chi connectivity index (χ2v) is 6.81. The minimum atomic E-state index is 0.471. The van der Waals surface area contributed by atoms with Gasteiger partial charge in [-0.1, -0.05) is 31.5 Å². The molecule has 3 nitrogen and oxygen atoms in total. The largest absolute Gasteiger partial charge is 0.341 e. The van der Waals surface area contributed by atoms with Crippen molar-refractivity contribution in [2.45, 2.75) is 32.9 Å². The molecule has 0 atom stereocenters. The Morgan fingerprint density at radius 3 is 2.86 bits per heavy atom. The zero-order chi connectivity index (χ0) is 15.0. The highest BCUT2D eigenvalue weighted by Crippen LogP contribution is 2.26. The first-order valence-electron chi connectivity index (χ1n) is 7.00. The zero-order valence-corrected chi connectivity index (χ0v) is 13.7. The van der Waals surface area contributed by atoms with Crippen LogP contribution in [0.2, 0.25) is 5.02 Å². The van der Waals surface area contributed by atoms with Crippen molar-refractivity contribution in [2.24, 2.45) is 5.73 Å². The van der Waals surface area contributed by atoms with Crippen LogP contribution in [0.3, 0.4) is 0 Å². The number of halogens is 1. The molecule has 0 aliphatic carbocycles. The van der Waals surface area contributed by atoms with Crippen LogP contribution in [0.4, 0.5) is 0 Å². The maximum absolute atomic E-state index is 6.13. The molecule has 110 valence electrons. The van der Waals surface area contributed by atoms with Crippen molar-refractivity contribution in [3.05, 3.63) is 51.1 Å². The van der Waals surface area contributed by atoms with Crippen LogP contribution in [0.5, 0.6) is 0 Å². The van der Waals surface area contributed by atoms with E-state index in [1.165, 1.54) is 10.4 Å². The van der Waals surface area contributed by atoms with E-state index in [0.717, 1.165) is 28.3 Å². The summed E-state index contributed by atoms with van der Waals surface area (Å²) in [6, 6.07) is 5.94. The summed E-state index contributed by atoms with van der Waals surface area (Å²) in [4.78, 5) is 4.70. The number of hydrogen-bond donors (Lipinski definition) is 1. The van der Waals surface area contributed by atoms with Crippen LogP contribution in [-0.2, 0) is 13.1 Å². The molecular weight excluding hydrogens is 302 g/mol. The van der Waals surface area contributed by atoms with E-state index in [9.17, 15) is 0 Å². The summed E-state index contributed by atoms with van der Waals surface area (Å²) in [6.45, 7) is 5.61. The Kier molecular flexibility index (Phi) is 4.02. The predicted octanol–water partition coefficient (Wildman–Crippen LogP) is 4.38. The van der Waals surface area contributed by atoms with Crippen LogP contribution in [0.1, 0.15) is 36.0 Å². The molecule has 0 spiro atoms. The second kappa shape index (κ2) is 5.79. The van der Waals surface area contributed by atoms with Crippen molar-refractivity contribution in [2.75, 3.05) is 0 Å². The van der Waals surface area contributed by atoms with E-state index in [1.807, 2.05) is 18.2 Å². The maximum Gasteiger partial charge on any atom is 0.0954 e. The lowest BCUT2D eigenvalue weighted by Crippen LogP contribution is -1.99. The van der Waals surface area contributed by atoms with Crippen molar-refractivity contribution in [1.82, 2.24) is 9.55 Å². The third-order valence-electron chi connectivity index (χ3n) is 3.54. The highest BCUT2D eigenvalue weighted by Gasteiger charge is 2.11. The summed E-state index contributed by atoms with van der Waals surface area (Å²) in [5, 5.41) is 5.22. The number of nitrogens with zero attached hydrogens (tertiary/aromatic N) is 2. The average molecular weight is 320 g/mol. The topological polar surface area (TPSA) is 43.8 Å². The monoisotopic (exact) mass is 319 g/mol. The van der Waals surface area contributed by atoms with Crippen molar-refractivity contribution in [1.29, 1.82) is 0 Å². The Balaban J connectivity index is 2.01. The van der Waals surface area contributed by atoms with E-state index in [1.54, 1.807) is 11.3 Å². The molecule has 0 amide bonds. The number of rotatable bonds is 4. The first-order valence-corrected chi connectivity index (χ1v) is 8.26. The lowest BCUT2D eigenvalue weighted by atomic mass is 10.2. The summed E-state index contributed by atoms with van der Waals surface area (Å²) in [7, 11) is 0. The van der Waals surface area contributed by atoms with Gasteiger partial charge in [-0.05, 0) is 17.7 Å². The van der Waals surface area contributed by atoms with Gasteiger partial charge in [-0.2, -0.15) is 0 Å². The molecule has 2 aromatic heterocycles. The number of fused-ring (bicyclic) bond motifs is 1. The molecule has 0 bridgehead atoms. The maximum atomic E-state index is 6.13. The average Bonchev–Trinajstić information content (AvgIpc) is 3.04. The van der Waals surface area contributed by atoms with Gasteiger partial charge in [0.1, 0.15) is 0 Å². The first-order chi connectivity index (χ1) is 10.1. The normalized spacial score (nSPS) is 11.7. The first kappa shape index (κ1) is 14.6. The summed E-state index contributed by atoms with van der Waals surface area (Å²) < 4.78 is 2.18. The number of aromatic nitrogens is 2. The summed E-state index contributed by atoms with van der Waals surface area (Å²) in [5.41, 5.74) is 9.18. The number of thiazole rings is 1. The summed E-state index contributed by atoms with van der Waals surface area (Å²) in [6.07, 6.45) is 2.11. The Hall–Kier alpha value is -1.36. The molecule has 1 aromatic carbocycles. The van der Waals surface area contributed by atoms with E-state index in [-0.39, 0.29) is 0 Å². The fraction of sp³-hybridized carbons (Fsp3) is 0.312. The van der Waals surface area contributed by atoms with Crippen LogP contribution in [0, 0.1) is 0 Å². The highest BCUT2D eigenvalue weighted by molar-refractivity contribution is 7.09. The predicted molar refractivity (Wildman–Crippen MR) is 90.1 cm³/mol. The van der Waals surface area contributed by atoms with Gasteiger partial charge in [-0.3, -0.25) is 0 Å². The summed E-state index contributed by atoms with van der Waals surface area (Å²) in [5.74, 6) is 0.471. The Labute approximate surface area is 133 Å². The van der Waals surface area contributed by atoms with Gasteiger partial charge in [-0.25, -0.2) is 4.98 Å². The van der Waals surface area contributed by atoms with Gasteiger partial charge in [-0.15, -0.1) is 11.3 Å². The standard InChI is InChI=1S/C16H18ClN3S/c1-10(2)16-19-13(9-21-16)8-20-7-11(6-18)14-4-3-12(17)5-15(14)20/h3-5,7,9-10H,6,8,18H2,1-2H3. The number of hydrogen-bond acceptors (Lipinski definition) is 3. The van der Waals surface area contributed by atoms with E-state index in [4.69, 9.17) is 22.3 Å². The molecule has 3 aromatic rings. The summed E-state index contributed by atoms with van der Waals surface area (Å²) >= 11 is 7.86. The third-order valence-corrected chi connectivity index (χ3v) is 4.97. The van der Waals surface area contributed by atoms with Crippen LogP contribution in [0.25, 0.3) is 10.9 Å². The lowest BCUT2D eigenvalue weighted by molar-refractivity contribution is 0.784. The Morgan fingerprint density at radius 2 is 2.19 bits per heavy atom. The van der Waals surface area contributed by atoms with Gasteiger partial charge in [0.15, 0.2) is 0 Å². The van der Waals surface area contributed by atoms with E-state index >= 15 is 0 Å². The molecule has 5 heteroatoms. The second-order valence-electron chi connectivity index (χ2n) is 5.48. The molecule has 2 heterocycles. The van der Waals surface area contributed by atoms with Crippen molar-refractivity contribution < 1.29 is 0 Å². The SMILES string of the molecule is CC(C)c1nc(Cn2cc(CN)c3ccc(Cl)cc32)cs1. The van der Waals surface area contributed by atoms with Crippen molar-refractivity contribution >= 4 is 33.8 Å². The van der Waals surface area contributed by atoms with Crippen molar-refractivity contribution in [3.8, 4) is 0 Å². The molecule has 21 heavy (non-hydrogen) atoms. The smallest absolute Gasteiger partial charge is 0.0954 e. The minimum Gasteiger partial charge on any atom is -0.341 e. The minimum absolute atomic E-state index is 0.471. The van der Waals surface area contributed by atoms with Gasteiger partial charge in [0.2, 0.25) is 0 Å². The molecule has 2 N–H and O–H groups in total. The highest BCUT2D eigenvalue weighted by atomic mass is 35.5. The number of benzene rings is 1. The van der Waals surface area contributed by atoms with E-state index < -0.39 is 0 Å². The van der Waals surface area contributed by atoms with Crippen LogP contribution < -0.4 is 5.73 Å². The Morgan fingerprint density at radius 1 is 1.38 bits per heavy atom. The fourth-order valence-corrected chi connectivity index (χ4v) is 3.46. The van der Waals surface area contributed by atoms with Gasteiger partial charge < -0.3 is 10.3 Å². The molecule has 0 radical (unpaired) electrons. The number of nitrogens with two attached hydrogens (primary N) is 1. The van der Waals surface area contributed by atoms with Crippen LogP contribution >= 0.6 is 22.9 Å². The van der Waals surface area contributed by atoms with Crippen LogP contribution in [0.15, 0.2) is 29.8 Å². The van der Waals surface area contributed by atoms with Gasteiger partial charge in [0.05, 0.1) is 22.8 Å². The van der Waals surface area contributed by atoms with E-state index in [0.29, 0.717) is 12.5 Å². The Bertz CT molecular complexity index is 773. The van der Waals surface area contributed by atoms with Crippen molar-refractivity contribution in [3.63, 3.8) is 0 Å². The van der Waals surface area contributed by atoms with Gasteiger partial charge in [0.25, 0.3) is 0 Å². The molecule has 3 rings (SSSR count). The molecule has 0 fully saturated rings. The molecule has 0 saturated carbocycles. The zero-order valence-electron chi connectivity index (χ0n) is 12.1. The molecule has 0 aliphatic rings. The van der Waals surface area contributed by atoms with Gasteiger partial charge >= 0.3 is 0 Å². The van der Waals surface area contributed by atoms with Gasteiger partial charge in [0, 0.05) is 34.4 Å². The lowest BCUT2D eigenvalue weighted by Gasteiger charge is -2.03. The van der Waals surface area contributed by atoms with Crippen LogP contribution in [-0.4, -0.2) is 9.55 Å². The fourth-order valence-electron chi connectivity index (χ4n) is 2.47. The molecule has 0 unspecified atom stereocenters. The molecule has 0 aliphatic heterocycles. The quantitative estimate of drug-likeness (QED) is 0.775. The van der Waals surface area contributed by atoms with E-state index in [2.05, 4.69) is 30.0 Å². The molecular formula is C16H18ClN3S.